The Morgan fingerprint density at radius 2 is 1.63 bits per heavy atom. The molecule has 11 heteroatoms. The van der Waals surface area contributed by atoms with Crippen LogP contribution in [-0.2, 0) is 26.2 Å². The number of methoxy groups -OCH3 is 2. The highest BCUT2D eigenvalue weighted by Crippen LogP contribution is 2.32. The van der Waals surface area contributed by atoms with Gasteiger partial charge >= 0.3 is 0 Å². The molecule has 0 heterocycles. The van der Waals surface area contributed by atoms with E-state index in [1.807, 2.05) is 20.8 Å². The number of hydrogen-bond donors (Lipinski definition) is 1. The molecule has 0 bridgehead atoms. The van der Waals surface area contributed by atoms with Gasteiger partial charge in [-0.3, -0.25) is 13.9 Å². The maximum Gasteiger partial charge on any atom is 0.264 e. The molecule has 43 heavy (non-hydrogen) atoms. The summed E-state index contributed by atoms with van der Waals surface area (Å²) in [5.41, 5.74) is 1.86. The molecular formula is C32H40ClN3O6S. The molecule has 0 saturated carbocycles. The Balaban J connectivity index is 2.08. The number of hydrogen-bond acceptors (Lipinski definition) is 6. The van der Waals surface area contributed by atoms with Crippen LogP contribution in [0.2, 0.25) is 5.02 Å². The Hall–Kier alpha value is -3.76. The minimum Gasteiger partial charge on any atom is -0.493 e. The van der Waals surface area contributed by atoms with E-state index < -0.39 is 28.5 Å². The third-order valence-electron chi connectivity index (χ3n) is 7.06. The number of benzene rings is 3. The number of amides is 2. The minimum atomic E-state index is -4.28. The lowest BCUT2D eigenvalue weighted by atomic mass is 10.1. The van der Waals surface area contributed by atoms with Gasteiger partial charge in [-0.15, -0.1) is 0 Å². The molecule has 0 spiro atoms. The summed E-state index contributed by atoms with van der Waals surface area (Å²) in [5.74, 6) is -0.262. The molecule has 0 saturated heterocycles. The average molecular weight is 630 g/mol. The quantitative estimate of drug-likeness (QED) is 0.220. The Bertz CT molecular complexity index is 1500. The highest BCUT2D eigenvalue weighted by atomic mass is 35.5. The van der Waals surface area contributed by atoms with Crippen molar-refractivity contribution in [3.63, 3.8) is 0 Å². The molecule has 3 aromatic rings. The normalized spacial score (nSPS) is 11.9. The second-order valence-corrected chi connectivity index (χ2v) is 12.3. The molecule has 1 N–H and O–H groups in total. The summed E-state index contributed by atoms with van der Waals surface area (Å²) in [6.07, 6.45) is 2.02. The van der Waals surface area contributed by atoms with E-state index in [0.29, 0.717) is 35.0 Å². The zero-order valence-electron chi connectivity index (χ0n) is 25.3. The largest absolute Gasteiger partial charge is 0.493 e. The second kappa shape index (κ2) is 15.6. The summed E-state index contributed by atoms with van der Waals surface area (Å²) in [5, 5.41) is 3.36. The first-order valence-corrected chi connectivity index (χ1v) is 16.0. The first kappa shape index (κ1) is 33.7. The first-order valence-electron chi connectivity index (χ1n) is 14.2. The lowest BCUT2D eigenvalue weighted by Crippen LogP contribution is -2.52. The van der Waals surface area contributed by atoms with Gasteiger partial charge in [-0.2, -0.15) is 0 Å². The molecule has 0 fully saturated rings. The Morgan fingerprint density at radius 1 is 0.953 bits per heavy atom. The maximum atomic E-state index is 14.2. The van der Waals surface area contributed by atoms with E-state index in [2.05, 4.69) is 5.32 Å². The van der Waals surface area contributed by atoms with Gasteiger partial charge in [0, 0.05) is 24.2 Å². The highest BCUT2D eigenvalue weighted by Gasteiger charge is 2.34. The SMILES string of the molecule is CCCCNC(=O)[C@@H](CC)N(Cc1ccccc1Cl)C(=O)CN(c1ccc(C)cc1)S(=O)(=O)c1ccc(OC)c(OC)c1. The Labute approximate surface area is 259 Å². The van der Waals surface area contributed by atoms with Gasteiger partial charge < -0.3 is 19.7 Å². The second-order valence-electron chi connectivity index (χ2n) is 10.0. The number of nitrogens with zero attached hydrogens (tertiary/aromatic N) is 2. The van der Waals surface area contributed by atoms with Crippen LogP contribution >= 0.6 is 11.6 Å². The lowest BCUT2D eigenvalue weighted by molar-refractivity contribution is -0.140. The molecule has 9 nitrogen and oxygen atoms in total. The van der Waals surface area contributed by atoms with Crippen molar-refractivity contribution in [1.82, 2.24) is 10.2 Å². The van der Waals surface area contributed by atoms with Gasteiger partial charge in [-0.05, 0) is 55.7 Å². The fourth-order valence-electron chi connectivity index (χ4n) is 4.58. The van der Waals surface area contributed by atoms with Gasteiger partial charge in [-0.25, -0.2) is 8.42 Å². The summed E-state index contributed by atoms with van der Waals surface area (Å²) in [4.78, 5) is 28.8. The van der Waals surface area contributed by atoms with Crippen molar-refractivity contribution < 1.29 is 27.5 Å². The van der Waals surface area contributed by atoms with E-state index in [1.54, 1.807) is 48.5 Å². The van der Waals surface area contributed by atoms with E-state index in [1.165, 1.54) is 37.3 Å². The first-order chi connectivity index (χ1) is 20.6. The van der Waals surface area contributed by atoms with Crippen LogP contribution in [0.4, 0.5) is 5.69 Å². The molecule has 0 unspecified atom stereocenters. The van der Waals surface area contributed by atoms with Crippen molar-refractivity contribution in [2.45, 2.75) is 57.5 Å². The molecule has 232 valence electrons. The number of carbonyl (C=O) groups excluding carboxylic acids is 2. The zero-order chi connectivity index (χ0) is 31.6. The number of carbonyl (C=O) groups is 2. The monoisotopic (exact) mass is 629 g/mol. The molecule has 3 rings (SSSR count). The van der Waals surface area contributed by atoms with Crippen molar-refractivity contribution in [3.05, 3.63) is 82.9 Å². The van der Waals surface area contributed by atoms with Gasteiger partial charge in [0.2, 0.25) is 11.8 Å². The Morgan fingerprint density at radius 3 is 2.23 bits per heavy atom. The standard InChI is InChI=1S/C32H40ClN3O6S/c1-6-8-19-34-32(38)28(7-2)35(21-24-11-9-10-12-27(24)33)31(37)22-36(25-15-13-23(3)14-16-25)43(39,40)26-17-18-29(41-4)30(20-26)42-5/h9-18,20,28H,6-8,19,21-22H2,1-5H3,(H,34,38)/t28-/m1/s1. The molecule has 2 amide bonds. The van der Waals surface area contributed by atoms with E-state index in [-0.39, 0.29) is 23.1 Å². The van der Waals surface area contributed by atoms with Gasteiger partial charge in [0.05, 0.1) is 24.8 Å². The lowest BCUT2D eigenvalue weighted by Gasteiger charge is -2.33. The number of unbranched alkanes of at least 4 members (excludes halogenated alkanes) is 1. The summed E-state index contributed by atoms with van der Waals surface area (Å²) in [6, 6.07) is 17.3. The van der Waals surface area contributed by atoms with Crippen molar-refractivity contribution in [3.8, 4) is 11.5 Å². The van der Waals surface area contributed by atoms with Gasteiger partial charge in [0.1, 0.15) is 12.6 Å². The minimum absolute atomic E-state index is 0.0242. The molecule has 0 radical (unpaired) electrons. The Kier molecular flexibility index (Phi) is 12.3. The van der Waals surface area contributed by atoms with Crippen LogP contribution in [0.5, 0.6) is 11.5 Å². The zero-order valence-corrected chi connectivity index (χ0v) is 26.9. The molecule has 0 aliphatic rings. The van der Waals surface area contributed by atoms with Crippen LogP contribution in [0.25, 0.3) is 0 Å². The molecule has 0 aliphatic heterocycles. The van der Waals surface area contributed by atoms with Gasteiger partial charge in [-0.1, -0.05) is 67.8 Å². The van der Waals surface area contributed by atoms with Gasteiger partial charge in [0.15, 0.2) is 11.5 Å². The number of sulfonamides is 1. The molecule has 0 aromatic heterocycles. The van der Waals surface area contributed by atoms with Crippen LogP contribution in [-0.4, -0.2) is 58.5 Å². The predicted octanol–water partition coefficient (Wildman–Crippen LogP) is 5.58. The van der Waals surface area contributed by atoms with Crippen LogP contribution in [0.3, 0.4) is 0 Å². The molecule has 3 aromatic carbocycles. The van der Waals surface area contributed by atoms with Crippen molar-refractivity contribution in [1.29, 1.82) is 0 Å². The number of aryl methyl sites for hydroxylation is 1. The van der Waals surface area contributed by atoms with Crippen LogP contribution < -0.4 is 19.1 Å². The number of anilines is 1. The summed E-state index contributed by atoms with van der Waals surface area (Å²) >= 11 is 6.46. The number of nitrogens with one attached hydrogen (secondary N) is 1. The number of rotatable bonds is 15. The van der Waals surface area contributed by atoms with E-state index >= 15 is 0 Å². The smallest absolute Gasteiger partial charge is 0.264 e. The fourth-order valence-corrected chi connectivity index (χ4v) is 6.21. The maximum absolute atomic E-state index is 14.2. The van der Waals surface area contributed by atoms with Crippen molar-refractivity contribution in [2.75, 3.05) is 31.6 Å². The molecular weight excluding hydrogens is 590 g/mol. The third-order valence-corrected chi connectivity index (χ3v) is 9.20. The van der Waals surface area contributed by atoms with E-state index in [9.17, 15) is 18.0 Å². The number of ether oxygens (including phenoxy) is 2. The topological polar surface area (TPSA) is 105 Å². The third kappa shape index (κ3) is 8.42. The average Bonchev–Trinajstić information content (AvgIpc) is 3.00. The molecule has 0 aliphatic carbocycles. The molecule has 1 atom stereocenters. The van der Waals surface area contributed by atoms with Crippen LogP contribution in [0.15, 0.2) is 71.6 Å². The predicted molar refractivity (Wildman–Crippen MR) is 169 cm³/mol. The fraction of sp³-hybridized carbons (Fsp3) is 0.375. The van der Waals surface area contributed by atoms with Crippen LogP contribution in [0.1, 0.15) is 44.2 Å². The summed E-state index contributed by atoms with van der Waals surface area (Å²) in [7, 11) is -1.41. The highest BCUT2D eigenvalue weighted by molar-refractivity contribution is 7.92. The van der Waals surface area contributed by atoms with Crippen molar-refractivity contribution in [2.24, 2.45) is 0 Å². The summed E-state index contributed by atoms with van der Waals surface area (Å²) in [6.45, 7) is 5.67. The number of halogens is 1. The van der Waals surface area contributed by atoms with Crippen molar-refractivity contribution >= 4 is 39.1 Å². The van der Waals surface area contributed by atoms with E-state index in [4.69, 9.17) is 21.1 Å². The van der Waals surface area contributed by atoms with Crippen LogP contribution in [0, 0.1) is 6.92 Å². The summed E-state index contributed by atoms with van der Waals surface area (Å²) < 4.78 is 40.0. The van der Waals surface area contributed by atoms with Gasteiger partial charge in [0.25, 0.3) is 10.0 Å². The van der Waals surface area contributed by atoms with E-state index in [0.717, 1.165) is 22.7 Å².